The number of hydrogen-bond acceptors (Lipinski definition) is 8. The van der Waals surface area contributed by atoms with E-state index in [2.05, 4.69) is 13.8 Å². The van der Waals surface area contributed by atoms with Gasteiger partial charge >= 0.3 is 13.8 Å². The average molecular weight is 821 g/mol. The highest BCUT2D eigenvalue weighted by molar-refractivity contribution is 7.47. The summed E-state index contributed by atoms with van der Waals surface area (Å²) in [6.07, 6.45) is 43.5. The van der Waals surface area contributed by atoms with Gasteiger partial charge in [-0.25, -0.2) is 4.57 Å². The molecule has 336 valence electrons. The first-order valence-corrected chi connectivity index (χ1v) is 25.5. The van der Waals surface area contributed by atoms with Crippen LogP contribution in [0.2, 0.25) is 0 Å². The van der Waals surface area contributed by atoms with E-state index in [9.17, 15) is 19.4 Å². The second kappa shape index (κ2) is 44.0. The Morgan fingerprint density at radius 2 is 0.804 bits per heavy atom. The number of phosphoric acid groups is 1. The van der Waals surface area contributed by atoms with Crippen molar-refractivity contribution in [3.05, 3.63) is 0 Å². The molecule has 0 aliphatic rings. The highest BCUT2D eigenvalue weighted by Crippen LogP contribution is 2.43. The maximum absolute atomic E-state index is 12.6. The molecule has 0 aromatic rings. The van der Waals surface area contributed by atoms with Gasteiger partial charge < -0.3 is 24.6 Å². The van der Waals surface area contributed by atoms with Gasteiger partial charge in [-0.15, -0.1) is 0 Å². The molecule has 0 saturated heterocycles. The fourth-order valence-corrected chi connectivity index (χ4v) is 7.91. The van der Waals surface area contributed by atoms with Crippen molar-refractivity contribution in [1.82, 2.24) is 0 Å². The normalized spacial score (nSPS) is 13.9. The number of esters is 1. The summed E-state index contributed by atoms with van der Waals surface area (Å²) in [7, 11) is -4.51. The Bertz CT molecular complexity index is 845. The SMILES string of the molecule is CCCCCCCCCCCCCCCCCCCCCOCC(COP(=O)(O)OCC(O)CO)OC(=O)CCCCCCCCCCCCCCCCCC. The molecule has 0 aliphatic heterocycles. The maximum atomic E-state index is 12.6. The lowest BCUT2D eigenvalue weighted by Crippen LogP contribution is -2.29. The first-order valence-electron chi connectivity index (χ1n) is 24.0. The molecule has 9 nitrogen and oxygen atoms in total. The molecule has 0 amide bonds. The average Bonchev–Trinajstić information content (AvgIpc) is 3.19. The molecule has 0 saturated carbocycles. The third kappa shape index (κ3) is 43.0. The predicted octanol–water partition coefficient (Wildman–Crippen LogP) is 13.5. The molecular formula is C46H93O9P. The van der Waals surface area contributed by atoms with Gasteiger partial charge in [0.15, 0.2) is 0 Å². The van der Waals surface area contributed by atoms with E-state index in [1.54, 1.807) is 0 Å². The van der Waals surface area contributed by atoms with Crippen molar-refractivity contribution in [2.45, 2.75) is 257 Å². The Labute approximate surface area is 346 Å². The summed E-state index contributed by atoms with van der Waals surface area (Å²) in [5.74, 6) is -0.375. The standard InChI is InChI=1S/C46H93O9P/c1-3-5-7-9-11-13-15-17-19-21-22-23-25-27-29-31-33-35-37-39-52-42-45(43-54-56(50,51)53-41-44(48)40-47)55-46(49)38-36-34-32-30-28-26-24-20-18-16-14-12-10-8-6-4-2/h44-45,47-48H,3-43H2,1-2H3,(H,50,51). The number of ether oxygens (including phenoxy) is 2. The summed E-state index contributed by atoms with van der Waals surface area (Å²) >= 11 is 0. The number of aliphatic hydroxyl groups excluding tert-OH is 2. The van der Waals surface area contributed by atoms with E-state index in [0.29, 0.717) is 6.61 Å². The fourth-order valence-electron chi connectivity index (χ4n) is 7.12. The highest BCUT2D eigenvalue weighted by Gasteiger charge is 2.26. The monoisotopic (exact) mass is 821 g/mol. The minimum atomic E-state index is -4.51. The first-order chi connectivity index (χ1) is 27.3. The Balaban J connectivity index is 4.05. The van der Waals surface area contributed by atoms with Gasteiger partial charge in [0.2, 0.25) is 0 Å². The topological polar surface area (TPSA) is 132 Å². The van der Waals surface area contributed by atoms with Gasteiger partial charge in [-0.1, -0.05) is 226 Å². The molecule has 0 rings (SSSR count). The van der Waals surface area contributed by atoms with E-state index in [-0.39, 0.29) is 25.6 Å². The summed E-state index contributed by atoms with van der Waals surface area (Å²) in [4.78, 5) is 22.6. The number of aliphatic hydroxyl groups is 2. The third-order valence-electron chi connectivity index (χ3n) is 10.8. The predicted molar refractivity (Wildman–Crippen MR) is 233 cm³/mol. The van der Waals surface area contributed by atoms with Crippen LogP contribution >= 0.6 is 7.82 Å². The van der Waals surface area contributed by atoms with Crippen molar-refractivity contribution >= 4 is 13.8 Å². The van der Waals surface area contributed by atoms with Crippen molar-refractivity contribution in [2.75, 3.05) is 33.0 Å². The minimum absolute atomic E-state index is 0.0585. The number of rotatable bonds is 47. The molecule has 0 bridgehead atoms. The number of unbranched alkanes of at least 4 members (excludes halogenated alkanes) is 33. The summed E-state index contributed by atoms with van der Waals surface area (Å²) < 4.78 is 33.5. The van der Waals surface area contributed by atoms with Crippen molar-refractivity contribution in [3.63, 3.8) is 0 Å². The van der Waals surface area contributed by atoms with Gasteiger partial charge in [0, 0.05) is 13.0 Å². The molecule has 56 heavy (non-hydrogen) atoms. The van der Waals surface area contributed by atoms with Gasteiger partial charge in [-0.3, -0.25) is 13.8 Å². The number of phosphoric ester groups is 1. The zero-order valence-electron chi connectivity index (χ0n) is 36.9. The molecular weight excluding hydrogens is 727 g/mol. The van der Waals surface area contributed by atoms with E-state index < -0.39 is 33.2 Å². The van der Waals surface area contributed by atoms with Crippen LogP contribution in [-0.4, -0.2) is 66.3 Å². The first kappa shape index (κ1) is 55.5. The Hall–Kier alpha value is -0.540. The van der Waals surface area contributed by atoms with Crippen molar-refractivity contribution in [1.29, 1.82) is 0 Å². The lowest BCUT2D eigenvalue weighted by atomic mass is 10.0. The van der Waals surface area contributed by atoms with Crippen molar-refractivity contribution in [2.24, 2.45) is 0 Å². The van der Waals surface area contributed by atoms with Crippen LogP contribution in [0.4, 0.5) is 0 Å². The van der Waals surface area contributed by atoms with Crippen LogP contribution in [0.3, 0.4) is 0 Å². The van der Waals surface area contributed by atoms with Gasteiger partial charge in [0.1, 0.15) is 12.2 Å². The molecule has 3 unspecified atom stereocenters. The van der Waals surface area contributed by atoms with Crippen LogP contribution in [0.15, 0.2) is 0 Å². The van der Waals surface area contributed by atoms with Crippen LogP contribution in [-0.2, 0) is 27.9 Å². The van der Waals surface area contributed by atoms with Gasteiger partial charge in [-0.05, 0) is 12.8 Å². The fraction of sp³-hybridized carbons (Fsp3) is 0.978. The second-order valence-electron chi connectivity index (χ2n) is 16.5. The molecule has 0 aromatic carbocycles. The Morgan fingerprint density at radius 3 is 1.16 bits per heavy atom. The molecule has 3 atom stereocenters. The highest BCUT2D eigenvalue weighted by atomic mass is 31.2. The minimum Gasteiger partial charge on any atom is -0.457 e. The molecule has 0 radical (unpaired) electrons. The molecule has 0 fully saturated rings. The smallest absolute Gasteiger partial charge is 0.457 e. The van der Waals surface area contributed by atoms with Crippen molar-refractivity contribution in [3.8, 4) is 0 Å². The lowest BCUT2D eigenvalue weighted by molar-refractivity contribution is -0.154. The Kier molecular flexibility index (Phi) is 43.6. The molecule has 0 heterocycles. The molecule has 0 aromatic heterocycles. The van der Waals surface area contributed by atoms with E-state index >= 15 is 0 Å². The molecule has 0 aliphatic carbocycles. The van der Waals surface area contributed by atoms with Crippen LogP contribution in [0, 0.1) is 0 Å². The summed E-state index contributed by atoms with van der Waals surface area (Å²) in [6.45, 7) is 3.59. The third-order valence-corrected chi connectivity index (χ3v) is 11.7. The van der Waals surface area contributed by atoms with Gasteiger partial charge in [-0.2, -0.15) is 0 Å². The zero-order valence-corrected chi connectivity index (χ0v) is 37.8. The van der Waals surface area contributed by atoms with E-state index in [1.165, 1.54) is 193 Å². The van der Waals surface area contributed by atoms with Crippen LogP contribution < -0.4 is 0 Å². The van der Waals surface area contributed by atoms with E-state index in [0.717, 1.165) is 32.1 Å². The largest absolute Gasteiger partial charge is 0.472 e. The van der Waals surface area contributed by atoms with Gasteiger partial charge in [0.25, 0.3) is 0 Å². The van der Waals surface area contributed by atoms with Crippen molar-refractivity contribution < 1.29 is 43.0 Å². The van der Waals surface area contributed by atoms with Crippen LogP contribution in [0.25, 0.3) is 0 Å². The quantitative estimate of drug-likeness (QED) is 0.0312. The maximum Gasteiger partial charge on any atom is 0.472 e. The zero-order chi connectivity index (χ0) is 41.1. The lowest BCUT2D eigenvalue weighted by Gasteiger charge is -2.20. The van der Waals surface area contributed by atoms with Gasteiger partial charge in [0.05, 0.1) is 26.4 Å². The summed E-state index contributed by atoms with van der Waals surface area (Å²) in [5, 5.41) is 18.4. The molecule has 10 heteroatoms. The Morgan fingerprint density at radius 1 is 0.482 bits per heavy atom. The molecule has 0 spiro atoms. The number of carbonyl (C=O) groups is 1. The number of hydrogen-bond donors (Lipinski definition) is 3. The summed E-state index contributed by atoms with van der Waals surface area (Å²) in [5.41, 5.74) is 0. The second-order valence-corrected chi connectivity index (χ2v) is 18.0. The summed E-state index contributed by atoms with van der Waals surface area (Å²) in [6, 6.07) is 0. The van der Waals surface area contributed by atoms with E-state index in [4.69, 9.17) is 23.6 Å². The number of carbonyl (C=O) groups excluding carboxylic acids is 1. The van der Waals surface area contributed by atoms with Crippen LogP contribution in [0.1, 0.15) is 245 Å². The molecule has 3 N–H and O–H groups in total. The van der Waals surface area contributed by atoms with E-state index in [1.807, 2.05) is 0 Å². The van der Waals surface area contributed by atoms with Crippen LogP contribution in [0.5, 0.6) is 0 Å².